The van der Waals surface area contributed by atoms with Gasteiger partial charge in [0.25, 0.3) is 0 Å². The molecule has 2 aromatic carbocycles. The molecule has 6 nitrogen and oxygen atoms in total. The molecule has 1 N–H and O–H groups in total. The molecule has 0 fully saturated rings. The van der Waals surface area contributed by atoms with E-state index in [1.165, 1.54) is 17.0 Å². The smallest absolute Gasteiger partial charge is 0.244 e. The summed E-state index contributed by atoms with van der Waals surface area (Å²) in [7, 11) is -2.16. The minimum atomic E-state index is -3.68. The molecule has 0 unspecified atom stereocenters. The first kappa shape index (κ1) is 21.2. The van der Waals surface area contributed by atoms with Crippen LogP contribution in [-0.2, 0) is 21.2 Å². The lowest BCUT2D eigenvalue weighted by atomic mass is 9.87. The van der Waals surface area contributed by atoms with Gasteiger partial charge >= 0.3 is 0 Å². The molecule has 0 aliphatic heterocycles. The Balaban J connectivity index is 1.90. The molecule has 0 radical (unpaired) electrons. The van der Waals surface area contributed by atoms with Crippen molar-refractivity contribution >= 4 is 21.6 Å². The Morgan fingerprint density at radius 2 is 2.00 bits per heavy atom. The molecule has 3 rings (SSSR count). The van der Waals surface area contributed by atoms with Crippen LogP contribution in [0.1, 0.15) is 43.4 Å². The summed E-state index contributed by atoms with van der Waals surface area (Å²) < 4.78 is 31.7. The van der Waals surface area contributed by atoms with Gasteiger partial charge in [-0.05, 0) is 48.9 Å². The Morgan fingerprint density at radius 3 is 2.69 bits per heavy atom. The van der Waals surface area contributed by atoms with Gasteiger partial charge in [-0.1, -0.05) is 37.3 Å². The summed E-state index contributed by atoms with van der Waals surface area (Å²) in [4.78, 5) is 13.2. The largest absolute Gasteiger partial charge is 0.497 e. The number of carbonyl (C=O) groups is 1. The van der Waals surface area contributed by atoms with Crippen LogP contribution >= 0.6 is 0 Å². The monoisotopic (exact) mass is 416 g/mol. The molecule has 1 amide bonds. The Morgan fingerprint density at radius 1 is 1.24 bits per heavy atom. The first-order chi connectivity index (χ1) is 13.8. The second-order valence-corrected chi connectivity index (χ2v) is 9.20. The van der Waals surface area contributed by atoms with Crippen LogP contribution in [0, 0.1) is 0 Å². The number of amides is 1. The highest BCUT2D eigenvalue weighted by Gasteiger charge is 2.33. The van der Waals surface area contributed by atoms with E-state index in [4.69, 9.17) is 4.74 Å². The molecule has 156 valence electrons. The van der Waals surface area contributed by atoms with Gasteiger partial charge in [0.1, 0.15) is 11.8 Å². The van der Waals surface area contributed by atoms with Gasteiger partial charge in [0.15, 0.2) is 0 Å². The number of nitrogens with one attached hydrogen (secondary N) is 1. The number of fused-ring (bicyclic) bond motifs is 1. The summed E-state index contributed by atoms with van der Waals surface area (Å²) in [5.74, 6) is 0.245. The van der Waals surface area contributed by atoms with Crippen molar-refractivity contribution in [3.8, 4) is 5.75 Å². The fourth-order valence-corrected chi connectivity index (χ4v) is 5.18. The van der Waals surface area contributed by atoms with Crippen molar-refractivity contribution in [2.24, 2.45) is 0 Å². The zero-order valence-electron chi connectivity index (χ0n) is 17.1. The van der Waals surface area contributed by atoms with Gasteiger partial charge in [-0.2, -0.15) is 0 Å². The molecule has 2 atom stereocenters. The van der Waals surface area contributed by atoms with Crippen LogP contribution in [0.15, 0.2) is 48.5 Å². The highest BCUT2D eigenvalue weighted by Crippen LogP contribution is 2.31. The maximum Gasteiger partial charge on any atom is 0.244 e. The SMILES string of the molecule is CC[C@H](C(=O)N[C@@H]1CCCc2ccccc21)N(c1cccc(OC)c1)S(C)(=O)=O. The van der Waals surface area contributed by atoms with Gasteiger partial charge in [-0.15, -0.1) is 0 Å². The van der Waals surface area contributed by atoms with Crippen molar-refractivity contribution < 1.29 is 17.9 Å². The minimum Gasteiger partial charge on any atom is -0.497 e. The number of ether oxygens (including phenoxy) is 1. The lowest BCUT2D eigenvalue weighted by Gasteiger charge is -2.33. The standard InChI is InChI=1S/C22H28N2O4S/c1-4-21(24(29(3,26)27)17-11-8-12-18(15-17)28-2)22(25)23-20-14-7-10-16-9-5-6-13-19(16)20/h5-6,8-9,11-13,15,20-21H,4,7,10,14H2,1-3H3,(H,23,25)/t20-,21-/m1/s1. The number of anilines is 1. The molecule has 7 heteroatoms. The number of carbonyl (C=O) groups excluding carboxylic acids is 1. The molecule has 0 spiro atoms. The highest BCUT2D eigenvalue weighted by molar-refractivity contribution is 7.92. The fraction of sp³-hybridized carbons (Fsp3) is 0.409. The van der Waals surface area contributed by atoms with E-state index in [2.05, 4.69) is 11.4 Å². The van der Waals surface area contributed by atoms with Gasteiger partial charge in [0.2, 0.25) is 15.9 Å². The van der Waals surface area contributed by atoms with Crippen LogP contribution in [-0.4, -0.2) is 33.7 Å². The molecule has 0 saturated heterocycles. The third-order valence-corrected chi connectivity index (χ3v) is 6.50. The number of sulfonamides is 1. The maximum atomic E-state index is 13.2. The number of methoxy groups -OCH3 is 1. The quantitative estimate of drug-likeness (QED) is 0.750. The summed E-state index contributed by atoms with van der Waals surface area (Å²) in [5.41, 5.74) is 2.77. The van der Waals surface area contributed by atoms with E-state index < -0.39 is 16.1 Å². The van der Waals surface area contributed by atoms with Crippen LogP contribution in [0.3, 0.4) is 0 Å². The topological polar surface area (TPSA) is 75.7 Å². The molecule has 1 aliphatic rings. The average Bonchev–Trinajstić information content (AvgIpc) is 2.71. The van der Waals surface area contributed by atoms with Crippen molar-refractivity contribution in [3.63, 3.8) is 0 Å². The van der Waals surface area contributed by atoms with Gasteiger partial charge < -0.3 is 10.1 Å². The number of aryl methyl sites for hydroxylation is 1. The second-order valence-electron chi connectivity index (χ2n) is 7.34. The lowest BCUT2D eigenvalue weighted by molar-refractivity contribution is -0.123. The number of nitrogens with zero attached hydrogens (tertiary/aromatic N) is 1. The summed E-state index contributed by atoms with van der Waals surface area (Å²) in [5, 5.41) is 3.10. The molecule has 1 aliphatic carbocycles. The van der Waals surface area contributed by atoms with Crippen LogP contribution in [0.5, 0.6) is 5.75 Å². The second kappa shape index (κ2) is 8.86. The van der Waals surface area contributed by atoms with Crippen molar-refractivity contribution in [1.82, 2.24) is 5.32 Å². The number of rotatable bonds is 7. The zero-order valence-corrected chi connectivity index (χ0v) is 17.9. The van der Waals surface area contributed by atoms with E-state index >= 15 is 0 Å². The van der Waals surface area contributed by atoms with Gasteiger partial charge in [0, 0.05) is 6.07 Å². The lowest BCUT2D eigenvalue weighted by Crippen LogP contribution is -2.50. The van der Waals surface area contributed by atoms with Crippen LogP contribution < -0.4 is 14.4 Å². The number of hydrogen-bond donors (Lipinski definition) is 1. The molecule has 29 heavy (non-hydrogen) atoms. The number of benzene rings is 2. The number of hydrogen-bond acceptors (Lipinski definition) is 4. The third-order valence-electron chi connectivity index (χ3n) is 5.32. The van der Waals surface area contributed by atoms with Crippen LogP contribution in [0.2, 0.25) is 0 Å². The van der Waals surface area contributed by atoms with E-state index in [9.17, 15) is 13.2 Å². The third kappa shape index (κ3) is 4.72. The van der Waals surface area contributed by atoms with E-state index in [-0.39, 0.29) is 11.9 Å². The van der Waals surface area contributed by atoms with Crippen molar-refractivity contribution in [3.05, 3.63) is 59.7 Å². The fourth-order valence-electron chi connectivity index (χ4n) is 3.98. The molecular weight excluding hydrogens is 388 g/mol. The van der Waals surface area contributed by atoms with Gasteiger partial charge in [-0.25, -0.2) is 8.42 Å². The van der Waals surface area contributed by atoms with Crippen molar-refractivity contribution in [2.45, 2.75) is 44.7 Å². The minimum absolute atomic E-state index is 0.104. The Bertz CT molecular complexity index is 974. The van der Waals surface area contributed by atoms with Crippen LogP contribution in [0.25, 0.3) is 0 Å². The van der Waals surface area contributed by atoms with E-state index in [0.29, 0.717) is 17.9 Å². The zero-order chi connectivity index (χ0) is 21.0. The molecule has 0 bridgehead atoms. The molecule has 0 aromatic heterocycles. The van der Waals surface area contributed by atoms with Gasteiger partial charge in [0.05, 0.1) is 25.1 Å². The van der Waals surface area contributed by atoms with Crippen molar-refractivity contribution in [1.29, 1.82) is 0 Å². The summed E-state index contributed by atoms with van der Waals surface area (Å²) in [6.07, 6.45) is 4.31. The average molecular weight is 417 g/mol. The first-order valence-corrected chi connectivity index (χ1v) is 11.7. The van der Waals surface area contributed by atoms with E-state index in [1.807, 2.05) is 25.1 Å². The summed E-state index contributed by atoms with van der Waals surface area (Å²) in [6, 6.07) is 13.9. The first-order valence-electron chi connectivity index (χ1n) is 9.86. The molecular formula is C22H28N2O4S. The van der Waals surface area contributed by atoms with E-state index in [1.54, 1.807) is 24.3 Å². The molecule has 0 saturated carbocycles. The molecule has 2 aromatic rings. The normalized spacial score (nSPS) is 17.1. The summed E-state index contributed by atoms with van der Waals surface area (Å²) in [6.45, 7) is 1.82. The Labute approximate surface area is 172 Å². The van der Waals surface area contributed by atoms with Crippen LogP contribution in [0.4, 0.5) is 5.69 Å². The predicted molar refractivity (Wildman–Crippen MR) is 115 cm³/mol. The summed E-state index contributed by atoms with van der Waals surface area (Å²) >= 11 is 0. The maximum absolute atomic E-state index is 13.2. The highest BCUT2D eigenvalue weighted by atomic mass is 32.2. The molecule has 0 heterocycles. The predicted octanol–water partition coefficient (Wildman–Crippen LogP) is 3.43. The van der Waals surface area contributed by atoms with E-state index in [0.717, 1.165) is 31.1 Å². The Kier molecular flexibility index (Phi) is 6.47. The van der Waals surface area contributed by atoms with Gasteiger partial charge in [-0.3, -0.25) is 9.10 Å². The van der Waals surface area contributed by atoms with Crippen molar-refractivity contribution in [2.75, 3.05) is 17.7 Å². The Hall–Kier alpha value is -2.54.